The van der Waals surface area contributed by atoms with Gasteiger partial charge in [-0.05, 0) is 47.0 Å². The Morgan fingerprint density at radius 2 is 1.92 bits per heavy atom. The highest BCUT2D eigenvalue weighted by Gasteiger charge is 2.16. The molecular weight excluding hydrogens is 394 g/mol. The smallest absolute Gasteiger partial charge is 0.268 e. The quantitative estimate of drug-likeness (QED) is 0.777. The molecule has 0 saturated carbocycles. The highest BCUT2D eigenvalue weighted by atomic mass is 79.9. The maximum Gasteiger partial charge on any atom is 0.268 e. The molecule has 0 aliphatic carbocycles. The molecule has 1 saturated heterocycles. The topological polar surface area (TPSA) is 46.5 Å². The molecule has 1 aliphatic heterocycles. The lowest BCUT2D eigenvalue weighted by Gasteiger charge is -2.27. The Bertz CT molecular complexity index is 751. The number of nitrogens with one attached hydrogen (secondary N) is 1. The summed E-state index contributed by atoms with van der Waals surface area (Å²) in [5.41, 5.74) is 3.10. The molecule has 5 nitrogen and oxygen atoms in total. The third-order valence-corrected chi connectivity index (χ3v) is 5.09. The van der Waals surface area contributed by atoms with Crippen LogP contribution in [0, 0.1) is 0 Å². The zero-order valence-corrected chi connectivity index (χ0v) is 17.0. The van der Waals surface area contributed by atoms with Crippen molar-refractivity contribution in [3.05, 3.63) is 57.8 Å². The fourth-order valence-corrected chi connectivity index (χ4v) is 3.64. The molecule has 1 N–H and O–H groups in total. The van der Waals surface area contributed by atoms with Crippen molar-refractivity contribution >= 4 is 21.8 Å². The number of carbonyl (C=O) groups is 1. The highest BCUT2D eigenvalue weighted by molar-refractivity contribution is 9.10. The van der Waals surface area contributed by atoms with E-state index in [0.717, 1.165) is 42.9 Å². The van der Waals surface area contributed by atoms with Crippen LogP contribution in [0.2, 0.25) is 0 Å². The molecule has 1 aromatic heterocycles. The van der Waals surface area contributed by atoms with Crippen molar-refractivity contribution < 1.29 is 9.53 Å². The number of amides is 1. The standard InChI is InChI=1S/C20H26BrN3O2/c1-15(2)24-14-18(21)11-19(24)20(25)22-12-16-5-3-4-6-17(16)13-23-7-9-26-10-8-23/h3-6,11,14-15H,7-10,12-13H2,1-2H3,(H,22,25). The van der Waals surface area contributed by atoms with Gasteiger partial charge >= 0.3 is 0 Å². The summed E-state index contributed by atoms with van der Waals surface area (Å²) in [5, 5.41) is 3.08. The van der Waals surface area contributed by atoms with Gasteiger partial charge in [-0.3, -0.25) is 9.69 Å². The molecule has 1 aromatic carbocycles. The van der Waals surface area contributed by atoms with Gasteiger partial charge in [0.05, 0.1) is 13.2 Å². The van der Waals surface area contributed by atoms with Crippen molar-refractivity contribution in [2.24, 2.45) is 0 Å². The number of rotatable bonds is 6. The van der Waals surface area contributed by atoms with E-state index in [1.165, 1.54) is 5.56 Å². The van der Waals surface area contributed by atoms with E-state index < -0.39 is 0 Å². The molecule has 140 valence electrons. The van der Waals surface area contributed by atoms with Crippen LogP contribution in [-0.4, -0.2) is 41.7 Å². The van der Waals surface area contributed by atoms with Gasteiger partial charge in [-0.2, -0.15) is 0 Å². The van der Waals surface area contributed by atoms with E-state index in [9.17, 15) is 4.79 Å². The van der Waals surface area contributed by atoms with Crippen molar-refractivity contribution in [1.29, 1.82) is 0 Å². The van der Waals surface area contributed by atoms with Crippen LogP contribution in [0.4, 0.5) is 0 Å². The van der Waals surface area contributed by atoms with E-state index in [1.807, 2.05) is 22.9 Å². The second-order valence-corrected chi connectivity index (χ2v) is 7.80. The predicted octanol–water partition coefficient (Wildman–Crippen LogP) is 3.59. The van der Waals surface area contributed by atoms with E-state index in [1.54, 1.807) is 0 Å². The van der Waals surface area contributed by atoms with Crippen LogP contribution < -0.4 is 5.32 Å². The van der Waals surface area contributed by atoms with Crippen LogP contribution >= 0.6 is 15.9 Å². The maximum atomic E-state index is 12.7. The largest absolute Gasteiger partial charge is 0.379 e. The fraction of sp³-hybridized carbons (Fsp3) is 0.450. The van der Waals surface area contributed by atoms with Crippen molar-refractivity contribution in [3.63, 3.8) is 0 Å². The van der Waals surface area contributed by atoms with Crippen LogP contribution in [0.5, 0.6) is 0 Å². The number of morpholine rings is 1. The van der Waals surface area contributed by atoms with Crippen LogP contribution in [0.25, 0.3) is 0 Å². The summed E-state index contributed by atoms with van der Waals surface area (Å²) in [4.78, 5) is 15.1. The molecule has 1 fully saturated rings. The van der Waals surface area contributed by atoms with E-state index in [2.05, 4.69) is 58.2 Å². The second-order valence-electron chi connectivity index (χ2n) is 6.88. The number of nitrogens with zero attached hydrogens (tertiary/aromatic N) is 2. The summed E-state index contributed by atoms with van der Waals surface area (Å²) in [5.74, 6) is -0.0504. The minimum atomic E-state index is -0.0504. The van der Waals surface area contributed by atoms with Gasteiger partial charge in [0.15, 0.2) is 0 Å². The highest BCUT2D eigenvalue weighted by Crippen LogP contribution is 2.20. The Morgan fingerprint density at radius 1 is 1.23 bits per heavy atom. The lowest BCUT2D eigenvalue weighted by atomic mass is 10.1. The Hall–Kier alpha value is -1.63. The van der Waals surface area contributed by atoms with Crippen LogP contribution in [0.15, 0.2) is 41.0 Å². The maximum absolute atomic E-state index is 12.7. The van der Waals surface area contributed by atoms with Crippen LogP contribution in [0.3, 0.4) is 0 Å². The fourth-order valence-electron chi connectivity index (χ4n) is 3.21. The van der Waals surface area contributed by atoms with Crippen molar-refractivity contribution in [3.8, 4) is 0 Å². The van der Waals surface area contributed by atoms with Crippen LogP contribution in [0.1, 0.15) is 41.5 Å². The molecule has 3 rings (SSSR count). The normalized spacial score (nSPS) is 15.4. The first kappa shape index (κ1) is 19.1. The first-order valence-electron chi connectivity index (χ1n) is 9.07. The molecule has 0 atom stereocenters. The molecule has 6 heteroatoms. The Labute approximate surface area is 163 Å². The van der Waals surface area contributed by atoms with E-state index >= 15 is 0 Å². The number of aromatic nitrogens is 1. The predicted molar refractivity (Wildman–Crippen MR) is 106 cm³/mol. The Balaban J connectivity index is 1.67. The molecule has 2 heterocycles. The number of carbonyl (C=O) groups excluding carboxylic acids is 1. The lowest BCUT2D eigenvalue weighted by molar-refractivity contribution is 0.0340. The molecule has 0 spiro atoms. The first-order valence-corrected chi connectivity index (χ1v) is 9.86. The summed E-state index contributed by atoms with van der Waals surface area (Å²) in [7, 11) is 0. The van der Waals surface area contributed by atoms with Gasteiger partial charge in [-0.15, -0.1) is 0 Å². The molecule has 0 bridgehead atoms. The third kappa shape index (κ3) is 4.75. The van der Waals surface area contributed by atoms with Gasteiger partial charge in [-0.1, -0.05) is 24.3 Å². The molecule has 0 radical (unpaired) electrons. The Kier molecular flexibility index (Phi) is 6.51. The monoisotopic (exact) mass is 419 g/mol. The lowest BCUT2D eigenvalue weighted by Crippen LogP contribution is -2.36. The summed E-state index contributed by atoms with van der Waals surface area (Å²) in [6.07, 6.45) is 1.95. The van der Waals surface area contributed by atoms with Gasteiger partial charge in [-0.25, -0.2) is 0 Å². The second kappa shape index (κ2) is 8.84. The molecule has 0 unspecified atom stereocenters. The average molecular weight is 420 g/mol. The zero-order valence-electron chi connectivity index (χ0n) is 15.4. The summed E-state index contributed by atoms with van der Waals surface area (Å²) < 4.78 is 8.33. The number of ether oxygens (including phenoxy) is 1. The molecular formula is C20H26BrN3O2. The average Bonchev–Trinajstić information content (AvgIpc) is 3.04. The molecule has 2 aromatic rings. The van der Waals surface area contributed by atoms with Gasteiger partial charge in [0.1, 0.15) is 5.69 Å². The summed E-state index contributed by atoms with van der Waals surface area (Å²) in [6, 6.07) is 10.4. The van der Waals surface area contributed by atoms with Crippen molar-refractivity contribution in [1.82, 2.24) is 14.8 Å². The molecule has 26 heavy (non-hydrogen) atoms. The number of hydrogen-bond donors (Lipinski definition) is 1. The van der Waals surface area contributed by atoms with Gasteiger partial charge in [0, 0.05) is 42.9 Å². The number of hydrogen-bond acceptors (Lipinski definition) is 3. The zero-order chi connectivity index (χ0) is 18.5. The first-order chi connectivity index (χ1) is 12.5. The van der Waals surface area contributed by atoms with Crippen LogP contribution in [-0.2, 0) is 17.8 Å². The third-order valence-electron chi connectivity index (χ3n) is 4.66. The van der Waals surface area contributed by atoms with Gasteiger partial charge in [0.2, 0.25) is 0 Å². The van der Waals surface area contributed by atoms with Gasteiger partial charge < -0.3 is 14.6 Å². The van der Waals surface area contributed by atoms with E-state index in [4.69, 9.17) is 4.74 Å². The SMILES string of the molecule is CC(C)n1cc(Br)cc1C(=O)NCc1ccccc1CN1CCOCC1. The number of halogens is 1. The molecule has 1 amide bonds. The van der Waals surface area contributed by atoms with Crippen molar-refractivity contribution in [2.75, 3.05) is 26.3 Å². The van der Waals surface area contributed by atoms with E-state index in [0.29, 0.717) is 12.2 Å². The molecule has 1 aliphatic rings. The Morgan fingerprint density at radius 3 is 2.62 bits per heavy atom. The minimum Gasteiger partial charge on any atom is -0.379 e. The summed E-state index contributed by atoms with van der Waals surface area (Å²) >= 11 is 3.47. The van der Waals surface area contributed by atoms with Crippen molar-refractivity contribution in [2.45, 2.75) is 33.0 Å². The summed E-state index contributed by atoms with van der Waals surface area (Å²) in [6.45, 7) is 9.05. The van der Waals surface area contributed by atoms with Gasteiger partial charge in [0.25, 0.3) is 5.91 Å². The minimum absolute atomic E-state index is 0.0504. The van der Waals surface area contributed by atoms with E-state index in [-0.39, 0.29) is 11.9 Å². The number of benzene rings is 1.